The van der Waals surface area contributed by atoms with Crippen LogP contribution in [0.5, 0.6) is 11.8 Å². The average Bonchev–Trinajstić information content (AvgIpc) is 2.75. The predicted octanol–water partition coefficient (Wildman–Crippen LogP) is 3.80. The van der Waals surface area contributed by atoms with E-state index in [1.807, 2.05) is 4.90 Å². The lowest BCUT2D eigenvalue weighted by atomic mass is 10.1. The van der Waals surface area contributed by atoms with E-state index >= 15 is 0 Å². The quantitative estimate of drug-likeness (QED) is 0.665. The number of halogens is 1. The SMILES string of the molecule is CC(=O)N1CCC(Nc2cncc(-c3cnc(Oc4cccc(Cl)c4)nc3)n2)CC1. The molecule has 3 heterocycles. The molecule has 1 N–H and O–H groups in total. The summed E-state index contributed by atoms with van der Waals surface area (Å²) in [5, 5.41) is 3.99. The third kappa shape index (κ3) is 5.01. The number of carbonyl (C=O) groups excluding carboxylic acids is 1. The summed E-state index contributed by atoms with van der Waals surface area (Å²) in [5.74, 6) is 1.38. The van der Waals surface area contributed by atoms with Crippen molar-refractivity contribution in [3.63, 3.8) is 0 Å². The number of hydrogen-bond donors (Lipinski definition) is 1. The van der Waals surface area contributed by atoms with E-state index in [-0.39, 0.29) is 18.0 Å². The van der Waals surface area contributed by atoms with Crippen molar-refractivity contribution in [3.8, 4) is 23.0 Å². The predicted molar refractivity (Wildman–Crippen MR) is 113 cm³/mol. The van der Waals surface area contributed by atoms with Crippen molar-refractivity contribution in [1.29, 1.82) is 0 Å². The van der Waals surface area contributed by atoms with E-state index in [9.17, 15) is 4.79 Å². The maximum atomic E-state index is 11.5. The molecule has 1 aliphatic rings. The number of benzene rings is 1. The van der Waals surface area contributed by atoms with E-state index in [2.05, 4.69) is 25.3 Å². The number of amides is 1. The molecule has 8 nitrogen and oxygen atoms in total. The number of carbonyl (C=O) groups is 1. The fraction of sp³-hybridized carbons (Fsp3) is 0.286. The number of hydrogen-bond acceptors (Lipinski definition) is 7. The molecule has 0 atom stereocenters. The van der Waals surface area contributed by atoms with Crippen LogP contribution in [0.25, 0.3) is 11.3 Å². The zero-order chi connectivity index (χ0) is 20.9. The maximum Gasteiger partial charge on any atom is 0.321 e. The molecular formula is C21H21ClN6O2. The Morgan fingerprint density at radius 3 is 2.63 bits per heavy atom. The average molecular weight is 425 g/mol. The molecule has 1 saturated heterocycles. The standard InChI is InChI=1S/C21H21ClN6O2/c1-14(29)28-7-5-17(6-8-28)26-20-13-23-12-19(27-20)15-10-24-21(25-11-15)30-18-4-2-3-16(22)9-18/h2-4,9-13,17H,5-8H2,1H3,(H,26,27). The Kier molecular flexibility index (Phi) is 6.04. The minimum Gasteiger partial charge on any atom is -0.424 e. The van der Waals surface area contributed by atoms with Crippen LogP contribution in [0.1, 0.15) is 19.8 Å². The molecule has 2 aromatic heterocycles. The van der Waals surface area contributed by atoms with Gasteiger partial charge in [-0.15, -0.1) is 0 Å². The van der Waals surface area contributed by atoms with Crippen molar-refractivity contribution >= 4 is 23.3 Å². The molecule has 1 fully saturated rings. The fourth-order valence-corrected chi connectivity index (χ4v) is 3.44. The van der Waals surface area contributed by atoms with Crippen molar-refractivity contribution in [2.45, 2.75) is 25.8 Å². The third-order valence-electron chi connectivity index (χ3n) is 4.86. The van der Waals surface area contributed by atoms with Crippen LogP contribution in [-0.2, 0) is 4.79 Å². The first-order valence-electron chi connectivity index (χ1n) is 9.67. The highest BCUT2D eigenvalue weighted by molar-refractivity contribution is 6.30. The van der Waals surface area contributed by atoms with E-state index in [1.54, 1.807) is 56.0 Å². The van der Waals surface area contributed by atoms with Gasteiger partial charge in [-0.25, -0.2) is 15.0 Å². The smallest absolute Gasteiger partial charge is 0.321 e. The molecule has 154 valence electrons. The van der Waals surface area contributed by atoms with Gasteiger partial charge >= 0.3 is 6.01 Å². The van der Waals surface area contributed by atoms with Gasteiger partial charge in [-0.05, 0) is 31.0 Å². The number of likely N-dealkylation sites (tertiary alicyclic amines) is 1. The number of ether oxygens (including phenoxy) is 1. The van der Waals surface area contributed by atoms with Gasteiger partial charge in [0, 0.05) is 49.0 Å². The van der Waals surface area contributed by atoms with E-state index < -0.39 is 0 Å². The molecule has 0 saturated carbocycles. The summed E-state index contributed by atoms with van der Waals surface area (Å²) >= 11 is 5.96. The highest BCUT2D eigenvalue weighted by atomic mass is 35.5. The van der Waals surface area contributed by atoms with Gasteiger partial charge in [0.1, 0.15) is 11.6 Å². The van der Waals surface area contributed by atoms with Crippen LogP contribution in [-0.4, -0.2) is 49.9 Å². The van der Waals surface area contributed by atoms with Crippen LogP contribution in [0.15, 0.2) is 49.1 Å². The molecule has 1 aliphatic heterocycles. The van der Waals surface area contributed by atoms with Gasteiger partial charge in [0.05, 0.1) is 18.1 Å². The second-order valence-electron chi connectivity index (χ2n) is 7.03. The summed E-state index contributed by atoms with van der Waals surface area (Å²) in [4.78, 5) is 30.7. The lowest BCUT2D eigenvalue weighted by molar-refractivity contribution is -0.129. The largest absolute Gasteiger partial charge is 0.424 e. The van der Waals surface area contributed by atoms with Crippen molar-refractivity contribution in [2.24, 2.45) is 0 Å². The monoisotopic (exact) mass is 424 g/mol. The Bertz CT molecular complexity index is 1020. The van der Waals surface area contributed by atoms with Gasteiger partial charge in [0.15, 0.2) is 0 Å². The number of nitrogens with one attached hydrogen (secondary N) is 1. The van der Waals surface area contributed by atoms with Crippen LogP contribution in [0.3, 0.4) is 0 Å². The van der Waals surface area contributed by atoms with Gasteiger partial charge in [-0.2, -0.15) is 0 Å². The van der Waals surface area contributed by atoms with Crippen LogP contribution in [0.4, 0.5) is 5.82 Å². The molecule has 3 aromatic rings. The van der Waals surface area contributed by atoms with Gasteiger partial charge < -0.3 is 15.0 Å². The van der Waals surface area contributed by atoms with Gasteiger partial charge in [0.25, 0.3) is 0 Å². The summed E-state index contributed by atoms with van der Waals surface area (Å²) in [6.07, 6.45) is 8.41. The van der Waals surface area contributed by atoms with Crippen LogP contribution in [0.2, 0.25) is 5.02 Å². The fourth-order valence-electron chi connectivity index (χ4n) is 3.26. The van der Waals surface area contributed by atoms with Gasteiger partial charge in [0.2, 0.25) is 5.91 Å². The molecule has 30 heavy (non-hydrogen) atoms. The van der Waals surface area contributed by atoms with Crippen LogP contribution in [0, 0.1) is 0 Å². The summed E-state index contributed by atoms with van der Waals surface area (Å²) in [6.45, 7) is 3.11. The third-order valence-corrected chi connectivity index (χ3v) is 5.09. The first-order valence-corrected chi connectivity index (χ1v) is 10.0. The zero-order valence-electron chi connectivity index (χ0n) is 16.5. The second kappa shape index (κ2) is 9.04. The van der Waals surface area contributed by atoms with Crippen LogP contribution < -0.4 is 10.1 Å². The molecule has 9 heteroatoms. The highest BCUT2D eigenvalue weighted by Gasteiger charge is 2.21. The molecular weight excluding hydrogens is 404 g/mol. The maximum absolute atomic E-state index is 11.5. The molecule has 0 aliphatic carbocycles. The number of aromatic nitrogens is 4. The van der Waals surface area contributed by atoms with Crippen molar-refractivity contribution in [1.82, 2.24) is 24.8 Å². The Balaban J connectivity index is 1.40. The molecule has 0 radical (unpaired) electrons. The highest BCUT2D eigenvalue weighted by Crippen LogP contribution is 2.23. The Morgan fingerprint density at radius 1 is 1.17 bits per heavy atom. The Morgan fingerprint density at radius 2 is 1.93 bits per heavy atom. The lowest BCUT2D eigenvalue weighted by Crippen LogP contribution is -2.41. The van der Waals surface area contributed by atoms with Crippen LogP contribution >= 0.6 is 11.6 Å². The molecule has 1 amide bonds. The summed E-state index contributed by atoms with van der Waals surface area (Å²) < 4.78 is 5.62. The molecule has 4 rings (SSSR count). The number of piperidine rings is 1. The van der Waals surface area contributed by atoms with Crippen molar-refractivity contribution in [2.75, 3.05) is 18.4 Å². The van der Waals surface area contributed by atoms with E-state index in [0.29, 0.717) is 22.3 Å². The second-order valence-corrected chi connectivity index (χ2v) is 7.46. The van der Waals surface area contributed by atoms with Gasteiger partial charge in [-0.1, -0.05) is 17.7 Å². The minimum absolute atomic E-state index is 0.123. The number of nitrogens with zero attached hydrogens (tertiary/aromatic N) is 5. The summed E-state index contributed by atoms with van der Waals surface area (Å²) in [7, 11) is 0. The Hall–Kier alpha value is -3.26. The Labute approximate surface area is 179 Å². The van der Waals surface area contributed by atoms with E-state index in [4.69, 9.17) is 16.3 Å². The number of anilines is 1. The topological polar surface area (TPSA) is 93.1 Å². The molecule has 0 unspecified atom stereocenters. The first kappa shape index (κ1) is 20.0. The van der Waals surface area contributed by atoms with Gasteiger partial charge in [-0.3, -0.25) is 9.78 Å². The van der Waals surface area contributed by atoms with E-state index in [0.717, 1.165) is 31.5 Å². The minimum atomic E-state index is 0.123. The molecule has 1 aromatic carbocycles. The first-order chi connectivity index (χ1) is 14.6. The lowest BCUT2D eigenvalue weighted by Gasteiger charge is -2.31. The molecule has 0 bridgehead atoms. The number of rotatable bonds is 5. The summed E-state index contributed by atoms with van der Waals surface area (Å²) in [6, 6.07) is 7.52. The van der Waals surface area contributed by atoms with Crippen molar-refractivity contribution < 1.29 is 9.53 Å². The normalized spacial score (nSPS) is 14.4. The molecule has 0 spiro atoms. The van der Waals surface area contributed by atoms with E-state index in [1.165, 1.54) is 0 Å². The van der Waals surface area contributed by atoms with Crippen molar-refractivity contribution in [3.05, 3.63) is 54.1 Å². The summed E-state index contributed by atoms with van der Waals surface area (Å²) in [5.41, 5.74) is 1.39. The zero-order valence-corrected chi connectivity index (χ0v) is 17.2.